The molecule has 164 valence electrons. The normalized spacial score (nSPS) is 13.3. The van der Waals surface area contributed by atoms with Crippen molar-refractivity contribution < 1.29 is 8.42 Å². The Labute approximate surface area is 179 Å². The van der Waals surface area contributed by atoms with Gasteiger partial charge in [-0.1, -0.05) is 44.2 Å². The lowest BCUT2D eigenvalue weighted by Gasteiger charge is -2.30. The van der Waals surface area contributed by atoms with Crippen LogP contribution in [0.15, 0.2) is 64.7 Å². The number of aromatic nitrogens is 1. The fourth-order valence-electron chi connectivity index (χ4n) is 3.17. The number of hydrogen-bond acceptors (Lipinski definition) is 5. The Morgan fingerprint density at radius 2 is 1.80 bits per heavy atom. The first kappa shape index (κ1) is 23.8. The summed E-state index contributed by atoms with van der Waals surface area (Å²) < 4.78 is 27.0. The zero-order valence-corrected chi connectivity index (χ0v) is 18.7. The van der Waals surface area contributed by atoms with Gasteiger partial charge in [-0.05, 0) is 30.8 Å². The minimum absolute atomic E-state index is 0.150. The number of hydrogen-bond donors (Lipinski definition) is 3. The highest BCUT2D eigenvalue weighted by molar-refractivity contribution is 7.89. The van der Waals surface area contributed by atoms with Gasteiger partial charge in [0, 0.05) is 39.1 Å². The summed E-state index contributed by atoms with van der Waals surface area (Å²) in [7, 11) is -1.87. The van der Waals surface area contributed by atoms with E-state index in [-0.39, 0.29) is 17.5 Å². The molecule has 0 fully saturated rings. The lowest BCUT2D eigenvalue weighted by molar-refractivity contribution is 0.219. The Morgan fingerprint density at radius 3 is 2.40 bits per heavy atom. The Kier molecular flexibility index (Phi) is 9.72. The number of nitrogens with zero attached hydrogens (tertiary/aromatic N) is 3. The third kappa shape index (κ3) is 7.08. The number of sulfonamides is 1. The van der Waals surface area contributed by atoms with Crippen molar-refractivity contribution in [3.63, 3.8) is 0 Å². The predicted molar refractivity (Wildman–Crippen MR) is 121 cm³/mol. The third-order valence-corrected chi connectivity index (χ3v) is 6.22. The van der Waals surface area contributed by atoms with Gasteiger partial charge in [-0.25, -0.2) is 13.1 Å². The van der Waals surface area contributed by atoms with Crippen molar-refractivity contribution in [3.8, 4) is 0 Å². The van der Waals surface area contributed by atoms with E-state index in [2.05, 4.69) is 56.2 Å². The Bertz CT molecular complexity index is 871. The van der Waals surface area contributed by atoms with E-state index in [0.717, 1.165) is 13.1 Å². The van der Waals surface area contributed by atoms with E-state index in [1.165, 1.54) is 24.0 Å². The number of benzene rings is 1. The van der Waals surface area contributed by atoms with Gasteiger partial charge in [0.1, 0.15) is 4.90 Å². The van der Waals surface area contributed by atoms with Gasteiger partial charge in [0.25, 0.3) is 0 Å². The lowest BCUT2D eigenvalue weighted by Crippen LogP contribution is -2.45. The topological polar surface area (TPSA) is 98.7 Å². The summed E-state index contributed by atoms with van der Waals surface area (Å²) in [5.74, 6) is 0.628. The largest absolute Gasteiger partial charge is 0.355 e. The van der Waals surface area contributed by atoms with E-state index in [1.54, 1.807) is 13.1 Å². The molecule has 1 aromatic heterocycles. The second kappa shape index (κ2) is 12.3. The summed E-state index contributed by atoms with van der Waals surface area (Å²) in [5.41, 5.74) is 1.24. The van der Waals surface area contributed by atoms with E-state index in [9.17, 15) is 8.42 Å². The van der Waals surface area contributed by atoms with Crippen LogP contribution in [0.2, 0.25) is 0 Å². The van der Waals surface area contributed by atoms with Crippen molar-refractivity contribution in [1.29, 1.82) is 0 Å². The zero-order chi connectivity index (χ0) is 21.8. The van der Waals surface area contributed by atoms with Crippen LogP contribution >= 0.6 is 0 Å². The molecule has 0 bridgehead atoms. The summed E-state index contributed by atoms with van der Waals surface area (Å²) >= 11 is 0. The molecule has 9 heteroatoms. The molecule has 2 aromatic rings. The molecule has 0 spiro atoms. The fourth-order valence-corrected chi connectivity index (χ4v) is 4.16. The predicted octanol–water partition coefficient (Wildman–Crippen LogP) is 1.61. The first-order valence-electron chi connectivity index (χ1n) is 10.1. The van der Waals surface area contributed by atoms with Crippen LogP contribution in [0.5, 0.6) is 0 Å². The van der Waals surface area contributed by atoms with Crippen LogP contribution in [-0.2, 0) is 10.0 Å². The lowest BCUT2D eigenvalue weighted by atomic mass is 10.1. The minimum atomic E-state index is -3.56. The number of rotatable bonds is 11. The van der Waals surface area contributed by atoms with Gasteiger partial charge in [-0.3, -0.25) is 14.9 Å². The molecule has 3 N–H and O–H groups in total. The molecule has 0 saturated carbocycles. The van der Waals surface area contributed by atoms with Crippen LogP contribution in [0.4, 0.5) is 0 Å². The quantitative estimate of drug-likeness (QED) is 0.283. The fraction of sp³-hybridized carbons (Fsp3) is 0.429. The molecule has 0 aliphatic carbocycles. The van der Waals surface area contributed by atoms with Crippen LogP contribution in [0.25, 0.3) is 0 Å². The van der Waals surface area contributed by atoms with Crippen molar-refractivity contribution in [2.75, 3.05) is 39.8 Å². The maximum atomic E-state index is 12.2. The molecular formula is C21H32N6O2S. The van der Waals surface area contributed by atoms with E-state index >= 15 is 0 Å². The molecule has 8 nitrogen and oxygen atoms in total. The van der Waals surface area contributed by atoms with Crippen molar-refractivity contribution in [2.45, 2.75) is 24.8 Å². The highest BCUT2D eigenvalue weighted by Crippen LogP contribution is 2.19. The summed E-state index contributed by atoms with van der Waals surface area (Å²) in [4.78, 5) is 10.6. The van der Waals surface area contributed by atoms with Gasteiger partial charge in [0.2, 0.25) is 10.0 Å². The van der Waals surface area contributed by atoms with E-state index in [1.807, 2.05) is 18.2 Å². The molecule has 0 saturated heterocycles. The highest BCUT2D eigenvalue weighted by Gasteiger charge is 2.18. The number of likely N-dealkylation sites (N-methyl/N-ethyl adjacent to an activating group) is 1. The smallest absolute Gasteiger partial charge is 0.242 e. The molecule has 0 radical (unpaired) electrons. The second-order valence-corrected chi connectivity index (χ2v) is 8.38. The Morgan fingerprint density at radius 1 is 1.07 bits per heavy atom. The average molecular weight is 433 g/mol. The van der Waals surface area contributed by atoms with Crippen LogP contribution in [0, 0.1) is 0 Å². The van der Waals surface area contributed by atoms with E-state index < -0.39 is 10.0 Å². The number of nitrogens with one attached hydrogen (secondary N) is 3. The molecule has 1 heterocycles. The monoisotopic (exact) mass is 432 g/mol. The molecule has 0 aliphatic heterocycles. The first-order chi connectivity index (χ1) is 14.5. The molecule has 2 rings (SSSR count). The van der Waals surface area contributed by atoms with E-state index in [0.29, 0.717) is 19.0 Å². The van der Waals surface area contributed by atoms with Gasteiger partial charge in [0.05, 0.1) is 6.04 Å². The van der Waals surface area contributed by atoms with Crippen LogP contribution in [-0.4, -0.2) is 64.0 Å². The van der Waals surface area contributed by atoms with Crippen LogP contribution < -0.4 is 15.4 Å². The van der Waals surface area contributed by atoms with Gasteiger partial charge >= 0.3 is 0 Å². The Balaban J connectivity index is 1.87. The molecule has 0 amide bonds. The number of aliphatic imine (C=N–C) groups is 1. The van der Waals surface area contributed by atoms with Gasteiger partial charge in [0.15, 0.2) is 5.96 Å². The molecule has 1 aromatic carbocycles. The summed E-state index contributed by atoms with van der Waals surface area (Å²) in [6.07, 6.45) is 2.87. The van der Waals surface area contributed by atoms with Crippen molar-refractivity contribution in [2.24, 2.45) is 4.99 Å². The van der Waals surface area contributed by atoms with Crippen molar-refractivity contribution in [1.82, 2.24) is 25.2 Å². The van der Waals surface area contributed by atoms with Crippen molar-refractivity contribution in [3.05, 3.63) is 60.4 Å². The second-order valence-electron chi connectivity index (χ2n) is 6.61. The van der Waals surface area contributed by atoms with Crippen LogP contribution in [0.1, 0.15) is 25.5 Å². The Hall–Kier alpha value is -2.49. The zero-order valence-electron chi connectivity index (χ0n) is 17.9. The standard InChI is InChI=1S/C21H32N6O2S/c1-4-27(5-2)20(18-10-7-6-8-11-18)17-25-21(22-3)24-14-15-26-30(28,29)19-12-9-13-23-16-19/h6-13,16,20,26H,4-5,14-15,17H2,1-3H3,(H2,22,24,25). The van der Waals surface area contributed by atoms with Gasteiger partial charge < -0.3 is 10.6 Å². The van der Waals surface area contributed by atoms with Gasteiger partial charge in [-0.2, -0.15) is 0 Å². The molecule has 1 unspecified atom stereocenters. The van der Waals surface area contributed by atoms with E-state index in [4.69, 9.17) is 0 Å². The summed E-state index contributed by atoms with van der Waals surface area (Å²) in [6.45, 7) is 7.52. The minimum Gasteiger partial charge on any atom is -0.355 e. The number of pyridine rings is 1. The molecule has 30 heavy (non-hydrogen) atoms. The molecule has 0 aliphatic rings. The average Bonchev–Trinajstić information content (AvgIpc) is 2.79. The SMILES string of the molecule is CCN(CC)C(CNC(=NC)NCCNS(=O)(=O)c1cccnc1)c1ccccc1. The molecule has 1 atom stereocenters. The van der Waals surface area contributed by atoms with Crippen molar-refractivity contribution >= 4 is 16.0 Å². The first-order valence-corrected chi connectivity index (χ1v) is 11.6. The van der Waals surface area contributed by atoms with Gasteiger partial charge in [-0.15, -0.1) is 0 Å². The third-order valence-electron chi connectivity index (χ3n) is 4.78. The maximum absolute atomic E-state index is 12.2. The molecular weight excluding hydrogens is 400 g/mol. The summed E-state index contributed by atoms with van der Waals surface area (Å²) in [6, 6.07) is 13.7. The van der Waals surface area contributed by atoms with Crippen LogP contribution in [0.3, 0.4) is 0 Å². The summed E-state index contributed by atoms with van der Waals surface area (Å²) in [5, 5.41) is 6.51. The highest BCUT2D eigenvalue weighted by atomic mass is 32.2. The number of guanidine groups is 1. The maximum Gasteiger partial charge on any atom is 0.242 e.